The summed E-state index contributed by atoms with van der Waals surface area (Å²) in [7, 11) is 0. The summed E-state index contributed by atoms with van der Waals surface area (Å²) in [6.45, 7) is 18.2. The van der Waals surface area contributed by atoms with Crippen LogP contribution in [-0.4, -0.2) is 36.1 Å². The lowest BCUT2D eigenvalue weighted by atomic mass is 9.34. The van der Waals surface area contributed by atoms with Crippen LogP contribution in [0.4, 0.5) is 0 Å². The van der Waals surface area contributed by atoms with Gasteiger partial charge < -0.3 is 14.9 Å². The average molecular weight is 459 g/mol. The molecule has 1 aliphatic heterocycles. The minimum absolute atomic E-state index is 0.130. The van der Waals surface area contributed by atoms with Crippen LogP contribution in [0.25, 0.3) is 0 Å². The van der Waals surface area contributed by atoms with E-state index in [1.807, 2.05) is 0 Å². The van der Waals surface area contributed by atoms with Gasteiger partial charge in [-0.1, -0.05) is 54.0 Å². The molecule has 0 aromatic heterocycles. The fourth-order valence-corrected chi connectivity index (χ4v) is 10.5. The van der Waals surface area contributed by atoms with E-state index in [9.17, 15) is 10.2 Å². The Hall–Kier alpha value is -0.380. The van der Waals surface area contributed by atoms with E-state index in [1.54, 1.807) is 0 Å². The van der Waals surface area contributed by atoms with Gasteiger partial charge in [0.2, 0.25) is 0 Å². The number of rotatable bonds is 3. The summed E-state index contributed by atoms with van der Waals surface area (Å²) < 4.78 is 6.67. The van der Waals surface area contributed by atoms with Crippen LogP contribution in [-0.2, 0) is 4.74 Å². The first kappa shape index (κ1) is 24.3. The molecule has 4 saturated carbocycles. The third kappa shape index (κ3) is 2.97. The molecule has 0 radical (unpaired) electrons. The molecule has 33 heavy (non-hydrogen) atoms. The fourth-order valence-electron chi connectivity index (χ4n) is 10.5. The number of hydrogen-bond donors (Lipinski definition) is 2. The van der Waals surface area contributed by atoms with Crippen molar-refractivity contribution in [2.24, 2.45) is 50.7 Å². The zero-order valence-corrected chi connectivity index (χ0v) is 22.5. The summed E-state index contributed by atoms with van der Waals surface area (Å²) in [5.41, 5.74) is 3.57. The molecule has 1 saturated heterocycles. The van der Waals surface area contributed by atoms with Crippen molar-refractivity contribution < 1.29 is 14.9 Å². The first-order valence-corrected chi connectivity index (χ1v) is 14.0. The van der Waals surface area contributed by atoms with Gasteiger partial charge in [-0.3, -0.25) is 0 Å². The van der Waals surface area contributed by atoms with Crippen molar-refractivity contribution in [3.8, 4) is 0 Å². The van der Waals surface area contributed by atoms with Gasteiger partial charge in [-0.15, -0.1) is 0 Å². The van der Waals surface area contributed by atoms with E-state index < -0.39 is 0 Å². The van der Waals surface area contributed by atoms with E-state index in [2.05, 4.69) is 48.5 Å². The van der Waals surface area contributed by atoms with E-state index in [0.717, 1.165) is 18.9 Å². The van der Waals surface area contributed by atoms with E-state index in [-0.39, 0.29) is 29.5 Å². The molecular weight excluding hydrogens is 408 g/mol. The minimum atomic E-state index is -0.222. The van der Waals surface area contributed by atoms with E-state index >= 15 is 0 Å². The smallest absolute Gasteiger partial charge is 0.0663 e. The van der Waals surface area contributed by atoms with Crippen LogP contribution in [0, 0.1) is 50.7 Å². The molecule has 5 fully saturated rings. The maximum atomic E-state index is 10.9. The lowest BCUT2D eigenvalue weighted by molar-refractivity contribution is -0.210. The van der Waals surface area contributed by atoms with Crippen molar-refractivity contribution in [1.82, 2.24) is 0 Å². The molecule has 3 nitrogen and oxygen atoms in total. The van der Waals surface area contributed by atoms with Gasteiger partial charge in [-0.2, -0.15) is 0 Å². The number of fused-ring (bicyclic) bond motifs is 3. The largest absolute Gasteiger partial charge is 0.395 e. The zero-order valence-electron chi connectivity index (χ0n) is 22.5. The Bertz CT molecular complexity index is 828. The van der Waals surface area contributed by atoms with Gasteiger partial charge in [0.25, 0.3) is 0 Å². The molecule has 0 amide bonds. The van der Waals surface area contributed by atoms with Gasteiger partial charge in [0.1, 0.15) is 0 Å². The number of aliphatic hydroxyl groups excluding tert-OH is 2. The Morgan fingerprint density at radius 3 is 2.27 bits per heavy atom. The molecule has 2 N–H and O–H groups in total. The van der Waals surface area contributed by atoms with Crippen LogP contribution >= 0.6 is 0 Å². The van der Waals surface area contributed by atoms with Crippen molar-refractivity contribution in [1.29, 1.82) is 0 Å². The molecule has 8 atom stereocenters. The van der Waals surface area contributed by atoms with E-state index in [0.29, 0.717) is 34.7 Å². The molecule has 4 aliphatic carbocycles. The highest BCUT2D eigenvalue weighted by atomic mass is 16.5. The monoisotopic (exact) mass is 458 g/mol. The Labute approximate surface area is 202 Å². The summed E-state index contributed by atoms with van der Waals surface area (Å²) in [4.78, 5) is 0. The average Bonchev–Trinajstić information content (AvgIpc) is 3.10. The number of ether oxygens (including phenoxy) is 1. The van der Waals surface area contributed by atoms with Gasteiger partial charge >= 0.3 is 0 Å². The molecular formula is C30H50O3. The number of hydrogen-bond acceptors (Lipinski definition) is 3. The topological polar surface area (TPSA) is 49.7 Å². The summed E-state index contributed by atoms with van der Waals surface area (Å²) in [6.07, 6.45) is 10.4. The van der Waals surface area contributed by atoms with Gasteiger partial charge in [0.05, 0.1) is 25.9 Å². The molecule has 1 heterocycles. The highest BCUT2D eigenvalue weighted by Gasteiger charge is 2.71. The first-order valence-electron chi connectivity index (χ1n) is 14.0. The van der Waals surface area contributed by atoms with E-state index in [4.69, 9.17) is 4.74 Å². The SMILES string of the molecule is CC(C)/C(CO)=C1\CC[C@]2(C)C(CCC3C4[C@H]5OC[C@@]4(CCC5(C)C)CC[C@]32C)[C@@]1(C)CO. The van der Waals surface area contributed by atoms with Gasteiger partial charge in [-0.25, -0.2) is 0 Å². The quantitative estimate of drug-likeness (QED) is 0.483. The Morgan fingerprint density at radius 2 is 1.64 bits per heavy atom. The summed E-state index contributed by atoms with van der Waals surface area (Å²) in [5.74, 6) is 2.25. The second kappa shape index (κ2) is 7.56. The fraction of sp³-hybridized carbons (Fsp3) is 0.933. The van der Waals surface area contributed by atoms with Crippen molar-refractivity contribution in [2.45, 2.75) is 106 Å². The van der Waals surface area contributed by atoms with Gasteiger partial charge in [0.15, 0.2) is 0 Å². The second-order valence-corrected chi connectivity index (χ2v) is 14.6. The van der Waals surface area contributed by atoms with Crippen LogP contribution in [0.2, 0.25) is 0 Å². The van der Waals surface area contributed by atoms with Crippen LogP contribution in [0.15, 0.2) is 11.1 Å². The third-order valence-corrected chi connectivity index (χ3v) is 12.8. The summed E-state index contributed by atoms with van der Waals surface area (Å²) >= 11 is 0. The van der Waals surface area contributed by atoms with Crippen LogP contribution in [0.1, 0.15) is 99.8 Å². The standard InChI is InChI=1S/C30H50O3/c1-19(2)20(16-31)21-10-11-29(7)23(27(21,5)17-32)9-8-22-24-25-26(3,4)12-14-30(24,18-33-25)15-13-28(22,29)6/h19,22-25,31-32H,8-18H2,1-7H3/b21-20+/t22?,23?,24?,25-,27+,28-,29-,30-/m1/s1. The Morgan fingerprint density at radius 1 is 0.939 bits per heavy atom. The minimum Gasteiger partial charge on any atom is -0.395 e. The second-order valence-electron chi connectivity index (χ2n) is 14.6. The first-order chi connectivity index (χ1) is 15.4. The maximum absolute atomic E-state index is 10.9. The van der Waals surface area contributed by atoms with Crippen molar-refractivity contribution in [3.05, 3.63) is 11.1 Å². The Balaban J connectivity index is 1.57. The molecule has 0 aromatic rings. The normalized spacial score (nSPS) is 52.2. The molecule has 3 unspecified atom stereocenters. The molecule has 188 valence electrons. The summed E-state index contributed by atoms with van der Waals surface area (Å²) in [6, 6.07) is 0. The maximum Gasteiger partial charge on any atom is 0.0663 e. The predicted octanol–water partition coefficient (Wildman–Crippen LogP) is 6.38. The summed E-state index contributed by atoms with van der Waals surface area (Å²) in [5, 5.41) is 21.2. The van der Waals surface area contributed by atoms with Crippen molar-refractivity contribution >= 4 is 0 Å². The molecule has 0 spiro atoms. The lowest BCUT2D eigenvalue weighted by Crippen LogP contribution is -2.65. The van der Waals surface area contributed by atoms with Crippen LogP contribution < -0.4 is 0 Å². The van der Waals surface area contributed by atoms with Crippen LogP contribution in [0.3, 0.4) is 0 Å². The molecule has 0 aromatic carbocycles. The predicted molar refractivity (Wildman–Crippen MR) is 134 cm³/mol. The van der Waals surface area contributed by atoms with Crippen LogP contribution in [0.5, 0.6) is 0 Å². The van der Waals surface area contributed by atoms with Crippen molar-refractivity contribution in [2.75, 3.05) is 19.8 Å². The van der Waals surface area contributed by atoms with E-state index in [1.165, 1.54) is 56.1 Å². The lowest BCUT2D eigenvalue weighted by Gasteiger charge is -2.70. The van der Waals surface area contributed by atoms with Crippen molar-refractivity contribution in [3.63, 3.8) is 0 Å². The highest BCUT2D eigenvalue weighted by molar-refractivity contribution is 5.31. The molecule has 2 bridgehead atoms. The van der Waals surface area contributed by atoms with Gasteiger partial charge in [0, 0.05) is 5.41 Å². The van der Waals surface area contributed by atoms with Gasteiger partial charge in [-0.05, 0) is 102 Å². The zero-order chi connectivity index (χ0) is 24.0. The molecule has 5 rings (SSSR count). The third-order valence-electron chi connectivity index (χ3n) is 12.8. The highest BCUT2D eigenvalue weighted by Crippen LogP contribution is 2.76. The Kier molecular flexibility index (Phi) is 5.57. The molecule has 3 heteroatoms. The number of aliphatic hydroxyl groups is 2. The molecule has 5 aliphatic rings.